The van der Waals surface area contributed by atoms with Crippen LogP contribution in [0.1, 0.15) is 30.3 Å². The van der Waals surface area contributed by atoms with E-state index in [1.165, 1.54) is 10.4 Å². The van der Waals surface area contributed by atoms with Crippen LogP contribution >= 0.6 is 22.7 Å². The van der Waals surface area contributed by atoms with Gasteiger partial charge in [0, 0.05) is 30.1 Å². The maximum Gasteiger partial charge on any atom is 0.0485 e. The van der Waals surface area contributed by atoms with Gasteiger partial charge in [0.2, 0.25) is 0 Å². The first-order valence-electron chi connectivity index (χ1n) is 6.22. The molecule has 0 amide bonds. The highest BCUT2D eigenvalue weighted by atomic mass is 32.1. The summed E-state index contributed by atoms with van der Waals surface area (Å²) in [6.45, 7) is 6.12. The van der Waals surface area contributed by atoms with Gasteiger partial charge < -0.3 is 5.73 Å². The molecule has 0 saturated heterocycles. The van der Waals surface area contributed by atoms with Gasteiger partial charge in [-0.15, -0.1) is 11.3 Å². The van der Waals surface area contributed by atoms with E-state index in [9.17, 15) is 0 Å². The van der Waals surface area contributed by atoms with E-state index in [1.807, 2.05) is 11.3 Å². The Hall–Kier alpha value is -0.680. The zero-order valence-corrected chi connectivity index (χ0v) is 12.5. The molecule has 0 aromatic carbocycles. The lowest BCUT2D eigenvalue weighted by Gasteiger charge is -2.33. The highest BCUT2D eigenvalue weighted by Crippen LogP contribution is 2.27. The standard InChI is InChI=1S/C14H20N2S2/c1-11(2)16(9-13-4-3-6-18-13)14(8-15)12-5-7-17-10-12/h3-7,10-11,14H,8-9,15H2,1-2H3. The van der Waals surface area contributed by atoms with Gasteiger partial charge in [-0.3, -0.25) is 4.90 Å². The van der Waals surface area contributed by atoms with E-state index in [0.29, 0.717) is 18.6 Å². The lowest BCUT2D eigenvalue weighted by molar-refractivity contribution is 0.150. The first-order chi connectivity index (χ1) is 8.72. The number of nitrogens with two attached hydrogens (primary N) is 1. The minimum Gasteiger partial charge on any atom is -0.329 e. The van der Waals surface area contributed by atoms with Crippen LogP contribution in [0.5, 0.6) is 0 Å². The maximum absolute atomic E-state index is 6.00. The molecule has 0 radical (unpaired) electrons. The summed E-state index contributed by atoms with van der Waals surface area (Å²) in [5.74, 6) is 0. The monoisotopic (exact) mass is 280 g/mol. The molecule has 98 valence electrons. The van der Waals surface area contributed by atoms with Gasteiger partial charge in [-0.05, 0) is 47.7 Å². The fourth-order valence-corrected chi connectivity index (χ4v) is 3.58. The van der Waals surface area contributed by atoms with Gasteiger partial charge in [-0.1, -0.05) is 6.07 Å². The summed E-state index contributed by atoms with van der Waals surface area (Å²) in [7, 11) is 0. The average Bonchev–Trinajstić information content (AvgIpc) is 3.00. The van der Waals surface area contributed by atoms with Gasteiger partial charge in [0.1, 0.15) is 0 Å². The summed E-state index contributed by atoms with van der Waals surface area (Å²) in [4.78, 5) is 3.88. The van der Waals surface area contributed by atoms with Gasteiger partial charge in [-0.2, -0.15) is 11.3 Å². The summed E-state index contributed by atoms with van der Waals surface area (Å²) in [5.41, 5.74) is 7.34. The molecule has 4 heteroatoms. The van der Waals surface area contributed by atoms with Crippen LogP contribution in [0.15, 0.2) is 34.3 Å². The summed E-state index contributed by atoms with van der Waals surface area (Å²) >= 11 is 3.55. The average molecular weight is 280 g/mol. The number of hydrogen-bond donors (Lipinski definition) is 1. The fourth-order valence-electron chi connectivity index (χ4n) is 2.16. The quantitative estimate of drug-likeness (QED) is 0.874. The Labute approximate surface area is 117 Å². The first kappa shape index (κ1) is 13.7. The molecule has 0 spiro atoms. The summed E-state index contributed by atoms with van der Waals surface area (Å²) in [6, 6.07) is 7.30. The number of rotatable bonds is 6. The molecular formula is C14H20N2S2. The van der Waals surface area contributed by atoms with Crippen LogP contribution < -0.4 is 5.73 Å². The van der Waals surface area contributed by atoms with Crippen molar-refractivity contribution < 1.29 is 0 Å². The van der Waals surface area contributed by atoms with Crippen molar-refractivity contribution in [2.24, 2.45) is 5.73 Å². The minimum absolute atomic E-state index is 0.318. The molecule has 18 heavy (non-hydrogen) atoms. The number of hydrogen-bond acceptors (Lipinski definition) is 4. The molecule has 0 saturated carbocycles. The highest BCUT2D eigenvalue weighted by Gasteiger charge is 2.22. The Morgan fingerprint density at radius 1 is 1.28 bits per heavy atom. The Morgan fingerprint density at radius 2 is 2.11 bits per heavy atom. The third-order valence-electron chi connectivity index (χ3n) is 3.13. The maximum atomic E-state index is 6.00. The van der Waals surface area contributed by atoms with Crippen LogP contribution in [0.2, 0.25) is 0 Å². The third-order valence-corrected chi connectivity index (χ3v) is 4.70. The van der Waals surface area contributed by atoms with Crippen LogP contribution in [0.25, 0.3) is 0 Å². The van der Waals surface area contributed by atoms with Crippen molar-refractivity contribution in [3.8, 4) is 0 Å². The van der Waals surface area contributed by atoms with Gasteiger partial charge >= 0.3 is 0 Å². The normalized spacial score (nSPS) is 13.4. The summed E-state index contributed by atoms with van der Waals surface area (Å²) in [6.07, 6.45) is 0. The second kappa shape index (κ2) is 6.48. The fraction of sp³-hybridized carbons (Fsp3) is 0.429. The van der Waals surface area contributed by atoms with Gasteiger partial charge in [0.05, 0.1) is 0 Å². The molecule has 0 aliphatic rings. The predicted octanol–water partition coefficient (Wildman–Crippen LogP) is 3.72. The predicted molar refractivity (Wildman–Crippen MR) is 81.1 cm³/mol. The van der Waals surface area contributed by atoms with Crippen LogP contribution in [0.4, 0.5) is 0 Å². The van der Waals surface area contributed by atoms with Gasteiger partial charge in [0.15, 0.2) is 0 Å². The van der Waals surface area contributed by atoms with Crippen molar-refractivity contribution in [2.45, 2.75) is 32.5 Å². The van der Waals surface area contributed by atoms with Crippen molar-refractivity contribution >= 4 is 22.7 Å². The lowest BCUT2D eigenvalue weighted by atomic mass is 10.1. The third kappa shape index (κ3) is 3.20. The minimum atomic E-state index is 0.318. The van der Waals surface area contributed by atoms with E-state index in [0.717, 1.165) is 6.54 Å². The molecule has 2 heterocycles. The van der Waals surface area contributed by atoms with Gasteiger partial charge in [-0.25, -0.2) is 0 Å². The molecule has 0 aliphatic heterocycles. The molecule has 2 aromatic heterocycles. The first-order valence-corrected chi connectivity index (χ1v) is 8.05. The highest BCUT2D eigenvalue weighted by molar-refractivity contribution is 7.09. The van der Waals surface area contributed by atoms with Crippen LogP contribution in [-0.2, 0) is 6.54 Å². The molecule has 0 aliphatic carbocycles. The lowest BCUT2D eigenvalue weighted by Crippen LogP contribution is -2.37. The molecular weight excluding hydrogens is 260 g/mol. The van der Waals surface area contributed by atoms with Crippen molar-refractivity contribution in [2.75, 3.05) is 6.54 Å². The summed E-state index contributed by atoms with van der Waals surface area (Å²) < 4.78 is 0. The topological polar surface area (TPSA) is 29.3 Å². The molecule has 2 nitrogen and oxygen atoms in total. The van der Waals surface area contributed by atoms with E-state index in [4.69, 9.17) is 5.73 Å². The Bertz CT molecular complexity index is 434. The molecule has 2 aromatic rings. The number of nitrogens with zero attached hydrogens (tertiary/aromatic N) is 1. The molecule has 2 rings (SSSR count). The van der Waals surface area contributed by atoms with Crippen LogP contribution in [0.3, 0.4) is 0 Å². The largest absolute Gasteiger partial charge is 0.329 e. The van der Waals surface area contributed by atoms with Crippen molar-refractivity contribution in [3.63, 3.8) is 0 Å². The molecule has 0 bridgehead atoms. The molecule has 1 atom stereocenters. The van der Waals surface area contributed by atoms with Gasteiger partial charge in [0.25, 0.3) is 0 Å². The second-order valence-electron chi connectivity index (χ2n) is 4.65. The zero-order chi connectivity index (χ0) is 13.0. The summed E-state index contributed by atoms with van der Waals surface area (Å²) in [5, 5.41) is 6.47. The Kier molecular flexibility index (Phi) is 4.95. The van der Waals surface area contributed by atoms with Crippen molar-refractivity contribution in [1.82, 2.24) is 4.90 Å². The van der Waals surface area contributed by atoms with E-state index in [-0.39, 0.29) is 0 Å². The number of thiophene rings is 2. The molecule has 0 fully saturated rings. The van der Waals surface area contributed by atoms with E-state index in [1.54, 1.807) is 11.3 Å². The molecule has 2 N–H and O–H groups in total. The molecule has 1 unspecified atom stereocenters. The van der Waals surface area contributed by atoms with E-state index >= 15 is 0 Å². The second-order valence-corrected chi connectivity index (χ2v) is 6.47. The zero-order valence-electron chi connectivity index (χ0n) is 10.9. The van der Waals surface area contributed by atoms with Crippen molar-refractivity contribution in [3.05, 3.63) is 44.8 Å². The van der Waals surface area contributed by atoms with Crippen LogP contribution in [0, 0.1) is 0 Å². The SMILES string of the molecule is CC(C)N(Cc1cccs1)C(CN)c1ccsc1. The smallest absolute Gasteiger partial charge is 0.0485 e. The van der Waals surface area contributed by atoms with Crippen molar-refractivity contribution in [1.29, 1.82) is 0 Å². The Morgan fingerprint density at radius 3 is 2.61 bits per heavy atom. The van der Waals surface area contributed by atoms with E-state index in [2.05, 4.69) is 53.1 Å². The Balaban J connectivity index is 2.18. The van der Waals surface area contributed by atoms with Crippen LogP contribution in [-0.4, -0.2) is 17.5 Å². The van der Waals surface area contributed by atoms with E-state index < -0.39 is 0 Å².